The van der Waals surface area contributed by atoms with Gasteiger partial charge in [0.05, 0.1) is 5.69 Å². The molecular weight excluding hydrogens is 236 g/mol. The number of alkyl halides is 2. The first-order valence-corrected chi connectivity index (χ1v) is 5.48. The van der Waals surface area contributed by atoms with Gasteiger partial charge in [-0.2, -0.15) is 8.78 Å². The van der Waals surface area contributed by atoms with E-state index in [0.717, 1.165) is 11.3 Å². The molecule has 0 unspecified atom stereocenters. The van der Waals surface area contributed by atoms with Crippen LogP contribution in [0.25, 0.3) is 0 Å². The molecule has 90 valence electrons. The van der Waals surface area contributed by atoms with E-state index in [1.54, 1.807) is 6.92 Å². The van der Waals surface area contributed by atoms with Gasteiger partial charge in [-0.05, 0) is 12.3 Å². The fourth-order valence-electron chi connectivity index (χ4n) is 1.32. The lowest BCUT2D eigenvalue weighted by Crippen LogP contribution is -2.25. The molecule has 1 aromatic heterocycles. The van der Waals surface area contributed by atoms with Gasteiger partial charge in [0, 0.05) is 4.88 Å². The number of thiazole rings is 1. The summed E-state index contributed by atoms with van der Waals surface area (Å²) in [5.74, 6) is -6.07. The number of aliphatic carboxylic acids is 1. The third-order valence-corrected chi connectivity index (χ3v) is 3.67. The van der Waals surface area contributed by atoms with Crippen LogP contribution in [0.4, 0.5) is 8.78 Å². The molecule has 0 amide bonds. The second-order valence-electron chi connectivity index (χ2n) is 4.56. The van der Waals surface area contributed by atoms with Crippen LogP contribution < -0.4 is 0 Å². The predicted molar refractivity (Wildman–Crippen MR) is 57.1 cm³/mol. The summed E-state index contributed by atoms with van der Waals surface area (Å²) in [6, 6.07) is 0. The van der Waals surface area contributed by atoms with Gasteiger partial charge < -0.3 is 5.11 Å². The van der Waals surface area contributed by atoms with Crippen molar-refractivity contribution in [3.05, 3.63) is 15.6 Å². The summed E-state index contributed by atoms with van der Waals surface area (Å²) in [4.78, 5) is 14.7. The van der Waals surface area contributed by atoms with Crippen molar-refractivity contribution in [2.24, 2.45) is 0 Å². The number of carbonyl (C=O) groups is 1. The molecule has 0 aliphatic carbocycles. The first-order chi connectivity index (χ1) is 7.06. The Hall–Kier alpha value is -1.04. The van der Waals surface area contributed by atoms with Crippen LogP contribution in [0.15, 0.2) is 0 Å². The fraction of sp³-hybridized carbons (Fsp3) is 0.600. The van der Waals surface area contributed by atoms with Crippen molar-refractivity contribution in [1.82, 2.24) is 4.98 Å². The smallest absolute Gasteiger partial charge is 0.393 e. The van der Waals surface area contributed by atoms with E-state index in [1.807, 2.05) is 20.8 Å². The number of hydrogen-bond donors (Lipinski definition) is 1. The number of carboxylic acid groups (broad SMARTS) is 1. The Morgan fingerprint density at radius 3 is 2.19 bits per heavy atom. The standard InChI is InChI=1S/C10H13F2NO2S/c1-5-6(9(2,3)4)16-7(13-5)10(11,12)8(14)15/h1-4H3,(H,14,15). The lowest BCUT2D eigenvalue weighted by molar-refractivity contribution is -0.166. The van der Waals surface area contributed by atoms with Crippen molar-refractivity contribution in [3.63, 3.8) is 0 Å². The molecule has 6 heteroatoms. The van der Waals surface area contributed by atoms with Crippen LogP contribution >= 0.6 is 11.3 Å². The minimum absolute atomic E-state index is 0.311. The largest absolute Gasteiger partial charge is 0.476 e. The van der Waals surface area contributed by atoms with Crippen LogP contribution in [-0.4, -0.2) is 16.1 Å². The van der Waals surface area contributed by atoms with Crippen molar-refractivity contribution in [2.75, 3.05) is 0 Å². The van der Waals surface area contributed by atoms with E-state index in [4.69, 9.17) is 5.11 Å². The molecule has 0 saturated carbocycles. The van der Waals surface area contributed by atoms with Crippen molar-refractivity contribution in [1.29, 1.82) is 0 Å². The maximum absolute atomic E-state index is 13.2. The van der Waals surface area contributed by atoms with Crippen LogP contribution in [0, 0.1) is 6.92 Å². The number of nitrogens with zero attached hydrogens (tertiary/aromatic N) is 1. The lowest BCUT2D eigenvalue weighted by Gasteiger charge is -2.16. The summed E-state index contributed by atoms with van der Waals surface area (Å²) < 4.78 is 26.4. The monoisotopic (exact) mass is 249 g/mol. The van der Waals surface area contributed by atoms with E-state index in [0.29, 0.717) is 10.6 Å². The Bertz CT molecular complexity index is 421. The number of hydrogen-bond acceptors (Lipinski definition) is 3. The second-order valence-corrected chi connectivity index (χ2v) is 5.56. The third kappa shape index (κ3) is 2.21. The molecule has 1 rings (SSSR count). The first kappa shape index (κ1) is 13.0. The van der Waals surface area contributed by atoms with E-state index in [2.05, 4.69) is 4.98 Å². The molecule has 0 spiro atoms. The van der Waals surface area contributed by atoms with Crippen LogP contribution in [0.3, 0.4) is 0 Å². The van der Waals surface area contributed by atoms with E-state index >= 15 is 0 Å². The fourth-order valence-corrected chi connectivity index (χ4v) is 2.41. The first-order valence-electron chi connectivity index (χ1n) is 4.66. The van der Waals surface area contributed by atoms with Gasteiger partial charge in [-0.15, -0.1) is 11.3 Å². The number of rotatable bonds is 2. The van der Waals surface area contributed by atoms with Gasteiger partial charge in [0.15, 0.2) is 5.01 Å². The van der Waals surface area contributed by atoms with Gasteiger partial charge >= 0.3 is 11.9 Å². The Kier molecular flexibility index (Phi) is 3.06. The molecule has 0 saturated heterocycles. The second kappa shape index (κ2) is 3.76. The van der Waals surface area contributed by atoms with Gasteiger partial charge in [-0.3, -0.25) is 0 Å². The van der Waals surface area contributed by atoms with Gasteiger partial charge in [0.1, 0.15) is 0 Å². The van der Waals surface area contributed by atoms with E-state index in [9.17, 15) is 13.6 Å². The molecule has 0 aliphatic heterocycles. The summed E-state index contributed by atoms with van der Waals surface area (Å²) >= 11 is 0.760. The average molecular weight is 249 g/mol. The minimum Gasteiger partial charge on any atom is -0.476 e. The predicted octanol–water partition coefficient (Wildman–Crippen LogP) is 2.93. The highest BCUT2D eigenvalue weighted by molar-refractivity contribution is 7.12. The molecular formula is C10H13F2NO2S. The Balaban J connectivity index is 3.26. The average Bonchev–Trinajstić information content (AvgIpc) is 2.46. The summed E-state index contributed by atoms with van der Waals surface area (Å²) in [5, 5.41) is 7.76. The van der Waals surface area contributed by atoms with Gasteiger partial charge in [0.2, 0.25) is 0 Å². The molecule has 1 aromatic rings. The SMILES string of the molecule is Cc1nc(C(F)(F)C(=O)O)sc1C(C)(C)C. The Labute approximate surface area is 96.1 Å². The van der Waals surface area contributed by atoms with E-state index in [1.165, 1.54) is 0 Å². The molecule has 1 N–H and O–H groups in total. The highest BCUT2D eigenvalue weighted by Gasteiger charge is 2.45. The number of aromatic nitrogens is 1. The number of aryl methyl sites for hydroxylation is 1. The summed E-state index contributed by atoms with van der Waals surface area (Å²) in [5.41, 5.74) is 0.155. The summed E-state index contributed by atoms with van der Waals surface area (Å²) in [6.07, 6.45) is 0. The topological polar surface area (TPSA) is 50.2 Å². The number of halogens is 2. The summed E-state index contributed by atoms with van der Waals surface area (Å²) in [6.45, 7) is 7.22. The maximum atomic E-state index is 13.2. The molecule has 3 nitrogen and oxygen atoms in total. The quantitative estimate of drug-likeness (QED) is 0.876. The summed E-state index contributed by atoms with van der Waals surface area (Å²) in [7, 11) is 0. The Morgan fingerprint density at radius 1 is 1.38 bits per heavy atom. The molecule has 0 bridgehead atoms. The number of carboxylic acids is 1. The van der Waals surface area contributed by atoms with Crippen molar-refractivity contribution >= 4 is 17.3 Å². The van der Waals surface area contributed by atoms with Crippen LogP contribution in [0.1, 0.15) is 36.3 Å². The van der Waals surface area contributed by atoms with Crippen molar-refractivity contribution < 1.29 is 18.7 Å². The molecule has 0 aromatic carbocycles. The Morgan fingerprint density at radius 2 is 1.88 bits per heavy atom. The van der Waals surface area contributed by atoms with E-state index in [-0.39, 0.29) is 5.41 Å². The van der Waals surface area contributed by atoms with Gasteiger partial charge in [-0.1, -0.05) is 20.8 Å². The van der Waals surface area contributed by atoms with Gasteiger partial charge in [0.25, 0.3) is 0 Å². The lowest BCUT2D eigenvalue weighted by atomic mass is 9.93. The molecule has 16 heavy (non-hydrogen) atoms. The van der Waals surface area contributed by atoms with E-state index < -0.39 is 16.9 Å². The normalized spacial score (nSPS) is 12.9. The van der Waals surface area contributed by atoms with Crippen molar-refractivity contribution in [3.8, 4) is 0 Å². The molecule has 0 aliphatic rings. The molecule has 0 fully saturated rings. The van der Waals surface area contributed by atoms with Gasteiger partial charge in [-0.25, -0.2) is 9.78 Å². The highest BCUT2D eigenvalue weighted by atomic mass is 32.1. The van der Waals surface area contributed by atoms with Crippen molar-refractivity contribution in [2.45, 2.75) is 39.0 Å². The zero-order valence-corrected chi connectivity index (χ0v) is 10.3. The zero-order chi connectivity index (χ0) is 12.7. The maximum Gasteiger partial charge on any atom is 0.393 e. The highest BCUT2D eigenvalue weighted by Crippen LogP contribution is 2.38. The van der Waals surface area contributed by atoms with Crippen LogP contribution in [0.2, 0.25) is 0 Å². The third-order valence-electron chi connectivity index (χ3n) is 2.01. The zero-order valence-electron chi connectivity index (χ0n) is 9.47. The van der Waals surface area contributed by atoms with Crippen LogP contribution in [0.5, 0.6) is 0 Å². The molecule has 0 atom stereocenters. The minimum atomic E-state index is -3.90. The molecule has 0 radical (unpaired) electrons. The van der Waals surface area contributed by atoms with Crippen LogP contribution in [-0.2, 0) is 16.1 Å². The molecule has 1 heterocycles.